The first-order valence-electron chi connectivity index (χ1n) is 3.12. The molecular formula is C8H7NS2. The van der Waals surface area contributed by atoms with E-state index < -0.39 is 0 Å². The first kappa shape index (κ1) is 8.51. The maximum atomic E-state index is 8.49. The van der Waals surface area contributed by atoms with Gasteiger partial charge in [-0.3, -0.25) is 0 Å². The second-order valence-electron chi connectivity index (χ2n) is 2.08. The Kier molecular flexibility index (Phi) is 3.34. The van der Waals surface area contributed by atoms with Crippen molar-refractivity contribution < 1.29 is 0 Å². The molecule has 0 spiro atoms. The first-order chi connectivity index (χ1) is 5.36. The minimum Gasteiger partial charge on any atom is -0.192 e. The van der Waals surface area contributed by atoms with Crippen LogP contribution in [0.5, 0.6) is 0 Å². The molecule has 0 saturated heterocycles. The molecule has 3 heteroatoms. The van der Waals surface area contributed by atoms with Gasteiger partial charge in [0.05, 0.1) is 11.6 Å². The highest BCUT2D eigenvalue weighted by atomic mass is 33.1. The molecule has 0 aliphatic carbocycles. The van der Waals surface area contributed by atoms with Crippen molar-refractivity contribution in [2.75, 3.05) is 0 Å². The zero-order valence-corrected chi connectivity index (χ0v) is 7.53. The molecule has 0 aliphatic rings. The second-order valence-corrected chi connectivity index (χ2v) is 3.40. The van der Waals surface area contributed by atoms with Crippen LogP contribution >= 0.6 is 22.5 Å². The average molecular weight is 181 g/mol. The van der Waals surface area contributed by atoms with Gasteiger partial charge in [-0.05, 0) is 17.7 Å². The van der Waals surface area contributed by atoms with Crippen LogP contribution in [0.1, 0.15) is 11.1 Å². The van der Waals surface area contributed by atoms with Gasteiger partial charge in [0.25, 0.3) is 0 Å². The highest BCUT2D eigenvalue weighted by molar-refractivity contribution is 8.68. The standard InChI is InChI=1S/C8H7NS2/c9-5-7-1-3-8(4-2-7)6-11-10/h1-4,10H,6H2. The van der Waals surface area contributed by atoms with E-state index in [9.17, 15) is 0 Å². The van der Waals surface area contributed by atoms with Crippen molar-refractivity contribution in [2.45, 2.75) is 5.75 Å². The Morgan fingerprint density at radius 3 is 2.45 bits per heavy atom. The molecule has 0 fully saturated rings. The third kappa shape index (κ3) is 2.49. The molecule has 0 unspecified atom stereocenters. The summed E-state index contributed by atoms with van der Waals surface area (Å²) in [6, 6.07) is 9.60. The van der Waals surface area contributed by atoms with Gasteiger partial charge in [0.1, 0.15) is 0 Å². The molecule has 0 radical (unpaired) electrons. The van der Waals surface area contributed by atoms with Gasteiger partial charge in [0.2, 0.25) is 0 Å². The smallest absolute Gasteiger partial charge is 0.0991 e. The molecule has 0 heterocycles. The lowest BCUT2D eigenvalue weighted by atomic mass is 10.2. The molecule has 0 atom stereocenters. The summed E-state index contributed by atoms with van der Waals surface area (Å²) in [5, 5.41) is 8.49. The minimum atomic E-state index is 0.706. The van der Waals surface area contributed by atoms with Crippen LogP contribution in [0.25, 0.3) is 0 Å². The zero-order valence-electron chi connectivity index (χ0n) is 5.82. The monoisotopic (exact) mass is 181 g/mol. The Bertz CT molecular complexity index is 260. The molecular weight excluding hydrogens is 174 g/mol. The molecule has 0 aromatic heterocycles. The summed E-state index contributed by atoms with van der Waals surface area (Å²) in [7, 11) is 1.48. The summed E-state index contributed by atoms with van der Waals surface area (Å²) in [6.07, 6.45) is 0. The molecule has 1 rings (SSSR count). The predicted octanol–water partition coefficient (Wildman–Crippen LogP) is 2.64. The summed E-state index contributed by atoms with van der Waals surface area (Å²) in [5.74, 6) is 0.884. The molecule has 56 valence electrons. The van der Waals surface area contributed by atoms with Gasteiger partial charge in [-0.25, -0.2) is 0 Å². The van der Waals surface area contributed by atoms with E-state index in [1.807, 2.05) is 24.3 Å². The van der Waals surface area contributed by atoms with E-state index in [-0.39, 0.29) is 0 Å². The van der Waals surface area contributed by atoms with Gasteiger partial charge in [-0.2, -0.15) is 5.26 Å². The second kappa shape index (κ2) is 4.32. The largest absolute Gasteiger partial charge is 0.192 e. The third-order valence-corrected chi connectivity index (χ3v) is 2.16. The van der Waals surface area contributed by atoms with Crippen molar-refractivity contribution in [2.24, 2.45) is 0 Å². The topological polar surface area (TPSA) is 23.8 Å². The molecule has 0 bridgehead atoms. The molecule has 0 aliphatic heterocycles. The van der Waals surface area contributed by atoms with E-state index >= 15 is 0 Å². The summed E-state index contributed by atoms with van der Waals surface area (Å²) in [5.41, 5.74) is 1.90. The van der Waals surface area contributed by atoms with Gasteiger partial charge in [-0.15, -0.1) is 11.7 Å². The summed E-state index contributed by atoms with van der Waals surface area (Å²) in [6.45, 7) is 0. The van der Waals surface area contributed by atoms with E-state index in [4.69, 9.17) is 5.26 Å². The van der Waals surface area contributed by atoms with Gasteiger partial charge in [-0.1, -0.05) is 22.9 Å². The Morgan fingerprint density at radius 2 is 2.00 bits per heavy atom. The van der Waals surface area contributed by atoms with Gasteiger partial charge < -0.3 is 0 Å². The zero-order chi connectivity index (χ0) is 8.10. The Morgan fingerprint density at radius 1 is 1.36 bits per heavy atom. The third-order valence-electron chi connectivity index (χ3n) is 1.31. The van der Waals surface area contributed by atoms with Crippen LogP contribution in [0.2, 0.25) is 0 Å². The number of thiol groups is 1. The number of hydrogen-bond donors (Lipinski definition) is 1. The molecule has 1 nitrogen and oxygen atoms in total. The Hall–Kier alpha value is -0.590. The summed E-state index contributed by atoms with van der Waals surface area (Å²) < 4.78 is 0. The molecule has 0 N–H and O–H groups in total. The molecule has 0 amide bonds. The number of nitrogens with zero attached hydrogens (tertiary/aromatic N) is 1. The van der Waals surface area contributed by atoms with Crippen molar-refractivity contribution in [3.63, 3.8) is 0 Å². The van der Waals surface area contributed by atoms with E-state index in [1.165, 1.54) is 16.4 Å². The molecule has 0 saturated carbocycles. The SMILES string of the molecule is N#Cc1ccc(CSS)cc1. The quantitative estimate of drug-likeness (QED) is 0.560. The fourth-order valence-corrected chi connectivity index (χ4v) is 1.54. The minimum absolute atomic E-state index is 0.706. The van der Waals surface area contributed by atoms with E-state index in [1.54, 1.807) is 0 Å². The van der Waals surface area contributed by atoms with Crippen LogP contribution in [-0.2, 0) is 5.75 Å². The number of hydrogen-bond acceptors (Lipinski definition) is 3. The summed E-state index contributed by atoms with van der Waals surface area (Å²) >= 11 is 4.03. The Balaban J connectivity index is 2.76. The van der Waals surface area contributed by atoms with Crippen molar-refractivity contribution in [3.05, 3.63) is 35.4 Å². The normalized spacial score (nSPS) is 9.09. The average Bonchev–Trinajstić information content (AvgIpc) is 2.07. The van der Waals surface area contributed by atoms with Gasteiger partial charge in [0, 0.05) is 5.75 Å². The summed E-state index contributed by atoms with van der Waals surface area (Å²) in [4.78, 5) is 0. The first-order valence-corrected chi connectivity index (χ1v) is 5.16. The lowest BCUT2D eigenvalue weighted by Gasteiger charge is -1.95. The van der Waals surface area contributed by atoms with Crippen LogP contribution < -0.4 is 0 Å². The lowest BCUT2D eigenvalue weighted by molar-refractivity contribution is 1.40. The fraction of sp³-hybridized carbons (Fsp3) is 0.125. The van der Waals surface area contributed by atoms with Crippen molar-refractivity contribution in [3.8, 4) is 6.07 Å². The lowest BCUT2D eigenvalue weighted by Crippen LogP contribution is -1.78. The van der Waals surface area contributed by atoms with E-state index in [2.05, 4.69) is 17.7 Å². The number of rotatable bonds is 2. The van der Waals surface area contributed by atoms with Crippen LogP contribution in [0.15, 0.2) is 24.3 Å². The van der Waals surface area contributed by atoms with Crippen LogP contribution in [0.3, 0.4) is 0 Å². The van der Waals surface area contributed by atoms with Gasteiger partial charge >= 0.3 is 0 Å². The van der Waals surface area contributed by atoms with E-state index in [0.717, 1.165) is 5.75 Å². The van der Waals surface area contributed by atoms with Crippen LogP contribution in [0, 0.1) is 11.3 Å². The fourth-order valence-electron chi connectivity index (χ4n) is 0.750. The number of nitriles is 1. The van der Waals surface area contributed by atoms with Crippen LogP contribution in [-0.4, -0.2) is 0 Å². The van der Waals surface area contributed by atoms with Crippen molar-refractivity contribution >= 4 is 22.5 Å². The van der Waals surface area contributed by atoms with E-state index in [0.29, 0.717) is 5.56 Å². The van der Waals surface area contributed by atoms with Crippen LogP contribution in [0.4, 0.5) is 0 Å². The highest BCUT2D eigenvalue weighted by Gasteiger charge is 1.91. The molecule has 1 aromatic rings. The maximum Gasteiger partial charge on any atom is 0.0991 e. The molecule has 11 heavy (non-hydrogen) atoms. The number of benzene rings is 1. The van der Waals surface area contributed by atoms with Crippen molar-refractivity contribution in [1.82, 2.24) is 0 Å². The molecule has 1 aromatic carbocycles. The Labute approximate surface area is 75.2 Å². The maximum absolute atomic E-state index is 8.49. The highest BCUT2D eigenvalue weighted by Crippen LogP contribution is 2.14. The predicted molar refractivity (Wildman–Crippen MR) is 51.4 cm³/mol. The van der Waals surface area contributed by atoms with Gasteiger partial charge in [0.15, 0.2) is 0 Å². The van der Waals surface area contributed by atoms with Crippen molar-refractivity contribution in [1.29, 1.82) is 5.26 Å².